The van der Waals surface area contributed by atoms with Crippen LogP contribution in [0.25, 0.3) is 0 Å². The smallest absolute Gasteiger partial charge is 0.209 e. The van der Waals surface area contributed by atoms with Crippen molar-refractivity contribution in [2.24, 2.45) is 0 Å². The average Bonchev–Trinajstić information content (AvgIpc) is 2.94. The van der Waals surface area contributed by atoms with E-state index < -0.39 is 15.8 Å². The van der Waals surface area contributed by atoms with Crippen molar-refractivity contribution in [3.05, 3.63) is 46.6 Å². The van der Waals surface area contributed by atoms with Gasteiger partial charge in [0.2, 0.25) is 10.0 Å². The lowest BCUT2D eigenvalue weighted by atomic mass is 9.92. The molecule has 1 heterocycles. The Morgan fingerprint density at radius 3 is 2.92 bits per heavy atom. The molecule has 3 rings (SSSR count). The molecule has 1 aromatic heterocycles. The standard InChI is InChI=1S/C16H20FN3O4S/c1-25(22,23)19-9-14-13-7-12(4-5-16(13)24-20-14)18-8-10-2-3-11(17)6-15(10)21/h2-3,6,12,18-19,21H,4-5,7-9H2,1H3. The third-order valence-electron chi connectivity index (χ3n) is 4.25. The summed E-state index contributed by atoms with van der Waals surface area (Å²) in [7, 11) is -3.30. The lowest BCUT2D eigenvalue weighted by Crippen LogP contribution is -2.34. The average molecular weight is 369 g/mol. The minimum atomic E-state index is -3.30. The van der Waals surface area contributed by atoms with Crippen molar-refractivity contribution in [2.45, 2.75) is 38.4 Å². The molecule has 0 amide bonds. The van der Waals surface area contributed by atoms with Crippen LogP contribution in [0, 0.1) is 5.82 Å². The highest BCUT2D eigenvalue weighted by Crippen LogP contribution is 2.25. The van der Waals surface area contributed by atoms with Crippen molar-refractivity contribution < 1.29 is 22.4 Å². The van der Waals surface area contributed by atoms with Crippen LogP contribution in [0.15, 0.2) is 22.7 Å². The molecule has 0 saturated carbocycles. The number of phenols is 1. The zero-order chi connectivity index (χ0) is 18.0. The summed E-state index contributed by atoms with van der Waals surface area (Å²) in [6.45, 7) is 0.511. The molecule has 0 saturated heterocycles. The molecule has 7 nitrogen and oxygen atoms in total. The van der Waals surface area contributed by atoms with Gasteiger partial charge in [0.15, 0.2) is 0 Å². The van der Waals surface area contributed by atoms with E-state index in [1.807, 2.05) is 0 Å². The van der Waals surface area contributed by atoms with E-state index in [0.717, 1.165) is 30.1 Å². The highest BCUT2D eigenvalue weighted by molar-refractivity contribution is 7.88. The minimum absolute atomic E-state index is 0.0768. The third kappa shape index (κ3) is 4.56. The van der Waals surface area contributed by atoms with Crippen LogP contribution in [0.1, 0.15) is 29.0 Å². The number of phenolic OH excluding ortho intramolecular Hbond substituents is 1. The van der Waals surface area contributed by atoms with Gasteiger partial charge < -0.3 is 14.9 Å². The summed E-state index contributed by atoms with van der Waals surface area (Å²) in [5, 5.41) is 17.1. The number of sulfonamides is 1. The molecule has 1 aliphatic rings. The van der Waals surface area contributed by atoms with Gasteiger partial charge in [0, 0.05) is 36.2 Å². The van der Waals surface area contributed by atoms with Crippen molar-refractivity contribution in [1.82, 2.24) is 15.2 Å². The summed E-state index contributed by atoms with van der Waals surface area (Å²) in [6, 6.07) is 4.08. The van der Waals surface area contributed by atoms with E-state index in [2.05, 4.69) is 15.2 Å². The van der Waals surface area contributed by atoms with Gasteiger partial charge in [0.1, 0.15) is 23.0 Å². The Hall–Kier alpha value is -1.97. The van der Waals surface area contributed by atoms with Gasteiger partial charge >= 0.3 is 0 Å². The number of aromatic hydroxyl groups is 1. The summed E-state index contributed by atoms with van der Waals surface area (Å²) in [4.78, 5) is 0. The largest absolute Gasteiger partial charge is 0.508 e. The van der Waals surface area contributed by atoms with E-state index in [-0.39, 0.29) is 18.3 Å². The normalized spacial score (nSPS) is 17.4. The number of hydrogen-bond donors (Lipinski definition) is 3. The Kier molecular flexibility index (Phi) is 5.07. The van der Waals surface area contributed by atoms with Crippen LogP contribution >= 0.6 is 0 Å². The topological polar surface area (TPSA) is 104 Å². The molecule has 0 fully saturated rings. The molecule has 25 heavy (non-hydrogen) atoms. The van der Waals surface area contributed by atoms with E-state index in [1.54, 1.807) is 6.07 Å². The molecule has 136 valence electrons. The Morgan fingerprint density at radius 1 is 1.40 bits per heavy atom. The Morgan fingerprint density at radius 2 is 2.20 bits per heavy atom. The maximum Gasteiger partial charge on any atom is 0.209 e. The number of fused-ring (bicyclic) bond motifs is 1. The van der Waals surface area contributed by atoms with Crippen molar-refractivity contribution in [1.29, 1.82) is 0 Å². The summed E-state index contributed by atoms with van der Waals surface area (Å²) >= 11 is 0. The van der Waals surface area contributed by atoms with Crippen LogP contribution in [0.5, 0.6) is 5.75 Å². The SMILES string of the molecule is CS(=O)(=O)NCc1noc2c1CC(NCc1ccc(F)cc1O)CC2. The van der Waals surface area contributed by atoms with Gasteiger partial charge in [-0.2, -0.15) is 0 Å². The molecule has 1 aliphatic carbocycles. The van der Waals surface area contributed by atoms with Crippen molar-refractivity contribution in [3.63, 3.8) is 0 Å². The number of nitrogens with one attached hydrogen (secondary N) is 2. The van der Waals surface area contributed by atoms with Gasteiger partial charge in [0.25, 0.3) is 0 Å². The molecule has 2 aromatic rings. The van der Waals surface area contributed by atoms with Crippen molar-refractivity contribution in [3.8, 4) is 5.75 Å². The van der Waals surface area contributed by atoms with E-state index in [9.17, 15) is 17.9 Å². The maximum absolute atomic E-state index is 13.0. The molecular weight excluding hydrogens is 349 g/mol. The molecule has 0 radical (unpaired) electrons. The molecule has 3 N–H and O–H groups in total. The summed E-state index contributed by atoms with van der Waals surface area (Å²) in [5.74, 6) is 0.232. The van der Waals surface area contributed by atoms with E-state index >= 15 is 0 Å². The number of halogens is 1. The molecule has 0 aliphatic heterocycles. The summed E-state index contributed by atoms with van der Waals surface area (Å²) < 4.78 is 43.2. The van der Waals surface area contributed by atoms with Gasteiger partial charge in [-0.05, 0) is 18.9 Å². The second-order valence-corrected chi connectivity index (χ2v) is 8.05. The molecule has 1 atom stereocenters. The highest BCUT2D eigenvalue weighted by Gasteiger charge is 2.25. The van der Waals surface area contributed by atoms with Crippen LogP contribution in [0.4, 0.5) is 4.39 Å². The molecule has 1 unspecified atom stereocenters. The molecular formula is C16H20FN3O4S. The molecule has 0 spiro atoms. The van der Waals surface area contributed by atoms with Gasteiger partial charge in [-0.1, -0.05) is 11.2 Å². The maximum atomic E-state index is 13.0. The predicted octanol–water partition coefficient (Wildman–Crippen LogP) is 1.22. The zero-order valence-electron chi connectivity index (χ0n) is 13.8. The molecule has 0 bridgehead atoms. The zero-order valence-corrected chi connectivity index (χ0v) is 14.6. The van der Waals surface area contributed by atoms with E-state index in [1.165, 1.54) is 6.07 Å². The number of nitrogens with zero attached hydrogens (tertiary/aromatic N) is 1. The minimum Gasteiger partial charge on any atom is -0.508 e. The summed E-state index contributed by atoms with van der Waals surface area (Å²) in [6.07, 6.45) is 3.29. The van der Waals surface area contributed by atoms with Crippen LogP contribution in [0.2, 0.25) is 0 Å². The highest BCUT2D eigenvalue weighted by atomic mass is 32.2. The van der Waals surface area contributed by atoms with Gasteiger partial charge in [-0.15, -0.1) is 0 Å². The Balaban J connectivity index is 1.63. The lowest BCUT2D eigenvalue weighted by Gasteiger charge is -2.23. The lowest BCUT2D eigenvalue weighted by molar-refractivity contribution is 0.350. The Bertz CT molecular complexity index is 866. The van der Waals surface area contributed by atoms with Crippen molar-refractivity contribution >= 4 is 10.0 Å². The molecule has 9 heteroatoms. The number of hydrogen-bond acceptors (Lipinski definition) is 6. The van der Waals surface area contributed by atoms with Crippen LogP contribution < -0.4 is 10.0 Å². The van der Waals surface area contributed by atoms with Crippen LogP contribution in [-0.2, 0) is 36.0 Å². The fourth-order valence-corrected chi connectivity index (χ4v) is 3.32. The number of benzene rings is 1. The van der Waals surface area contributed by atoms with Gasteiger partial charge in [-0.25, -0.2) is 17.5 Å². The fourth-order valence-electron chi connectivity index (χ4n) is 2.92. The first kappa shape index (κ1) is 17.8. The second-order valence-electron chi connectivity index (χ2n) is 6.22. The number of aromatic nitrogens is 1. The fraction of sp³-hybridized carbons (Fsp3) is 0.438. The van der Waals surface area contributed by atoms with Gasteiger partial charge in [-0.3, -0.25) is 0 Å². The van der Waals surface area contributed by atoms with Crippen molar-refractivity contribution in [2.75, 3.05) is 6.26 Å². The number of aryl methyl sites for hydroxylation is 1. The van der Waals surface area contributed by atoms with Crippen LogP contribution in [-0.4, -0.2) is 31.0 Å². The number of rotatable bonds is 6. The van der Waals surface area contributed by atoms with Crippen LogP contribution in [0.3, 0.4) is 0 Å². The second kappa shape index (κ2) is 7.11. The van der Waals surface area contributed by atoms with E-state index in [0.29, 0.717) is 30.6 Å². The monoisotopic (exact) mass is 369 g/mol. The quantitative estimate of drug-likeness (QED) is 0.707. The first-order valence-electron chi connectivity index (χ1n) is 7.93. The summed E-state index contributed by atoms with van der Waals surface area (Å²) in [5.41, 5.74) is 2.14. The van der Waals surface area contributed by atoms with E-state index in [4.69, 9.17) is 4.52 Å². The Labute approximate surface area is 145 Å². The van der Waals surface area contributed by atoms with Gasteiger partial charge in [0.05, 0.1) is 12.8 Å². The first-order valence-corrected chi connectivity index (χ1v) is 9.82. The predicted molar refractivity (Wildman–Crippen MR) is 88.9 cm³/mol. The third-order valence-corrected chi connectivity index (χ3v) is 4.92. The molecule has 1 aromatic carbocycles. The first-order chi connectivity index (χ1) is 11.8.